The molecule has 2 heterocycles. The molecule has 0 radical (unpaired) electrons. The van der Waals surface area contributed by atoms with E-state index in [1.165, 1.54) is 5.56 Å². The molecule has 1 aromatic heterocycles. The lowest BCUT2D eigenvalue weighted by Gasteiger charge is -2.33. The number of aliphatic hydroxyl groups excluding tert-OH is 1. The van der Waals surface area contributed by atoms with Crippen LogP contribution in [0.3, 0.4) is 0 Å². The van der Waals surface area contributed by atoms with Crippen molar-refractivity contribution in [3.63, 3.8) is 0 Å². The normalized spacial score (nSPS) is 16.6. The first kappa shape index (κ1) is 18.9. The Bertz CT molecular complexity index is 942. The predicted molar refractivity (Wildman–Crippen MR) is 110 cm³/mol. The number of thiazole rings is 1. The van der Waals surface area contributed by atoms with Crippen LogP contribution in [0.2, 0.25) is 0 Å². The summed E-state index contributed by atoms with van der Waals surface area (Å²) in [6.07, 6.45) is 0.235. The molecule has 3 aromatic rings. The van der Waals surface area contributed by atoms with Gasteiger partial charge in [-0.25, -0.2) is 4.98 Å². The third kappa shape index (κ3) is 3.90. The van der Waals surface area contributed by atoms with Gasteiger partial charge in [0.25, 0.3) is 0 Å². The molecule has 1 atom stereocenters. The highest BCUT2D eigenvalue weighted by Gasteiger charge is 2.29. The van der Waals surface area contributed by atoms with Gasteiger partial charge >= 0.3 is 0 Å². The van der Waals surface area contributed by atoms with Gasteiger partial charge in [0.2, 0.25) is 0 Å². The largest absolute Gasteiger partial charge is 0.496 e. The van der Waals surface area contributed by atoms with Crippen LogP contribution in [0.15, 0.2) is 47.8 Å². The first-order valence-corrected chi connectivity index (χ1v) is 10.2. The summed E-state index contributed by atoms with van der Waals surface area (Å²) in [4.78, 5) is 7.00. The zero-order valence-corrected chi connectivity index (χ0v) is 16.9. The van der Waals surface area contributed by atoms with Crippen molar-refractivity contribution in [2.24, 2.45) is 0 Å². The van der Waals surface area contributed by atoms with Gasteiger partial charge in [0.05, 0.1) is 31.0 Å². The van der Waals surface area contributed by atoms with Gasteiger partial charge in [0, 0.05) is 42.6 Å². The van der Waals surface area contributed by atoms with E-state index in [0.29, 0.717) is 25.4 Å². The molecular formula is C22H24N2O3S. The van der Waals surface area contributed by atoms with Crippen molar-refractivity contribution in [2.75, 3.05) is 20.8 Å². The quantitative estimate of drug-likeness (QED) is 0.687. The highest BCUT2D eigenvalue weighted by Crippen LogP contribution is 2.39. The van der Waals surface area contributed by atoms with Crippen LogP contribution in [0, 0.1) is 0 Å². The number of aliphatic hydroxyl groups is 1. The number of methoxy groups -OCH3 is 2. The van der Waals surface area contributed by atoms with E-state index in [-0.39, 0.29) is 0 Å². The Morgan fingerprint density at radius 1 is 1.11 bits per heavy atom. The SMILES string of the molecule is COc1ccc(OC)c2c1CN(Cc1csc(Cc3ccccc3)n1)CC2O. The Morgan fingerprint density at radius 3 is 2.61 bits per heavy atom. The number of β-amino-alcohol motifs (C(OH)–C–C–N with tert-alkyl or cyclic N) is 1. The summed E-state index contributed by atoms with van der Waals surface area (Å²) in [5.74, 6) is 1.49. The molecular weight excluding hydrogens is 372 g/mol. The lowest BCUT2D eigenvalue weighted by atomic mass is 9.95. The first-order valence-electron chi connectivity index (χ1n) is 9.29. The zero-order valence-electron chi connectivity index (χ0n) is 16.1. The van der Waals surface area contributed by atoms with E-state index in [1.807, 2.05) is 18.2 Å². The van der Waals surface area contributed by atoms with Gasteiger partial charge in [0.1, 0.15) is 11.5 Å². The highest BCUT2D eigenvalue weighted by molar-refractivity contribution is 7.09. The fraction of sp³-hybridized carbons (Fsp3) is 0.318. The second kappa shape index (κ2) is 8.31. The van der Waals surface area contributed by atoms with E-state index in [9.17, 15) is 5.11 Å². The van der Waals surface area contributed by atoms with Crippen molar-refractivity contribution in [1.82, 2.24) is 9.88 Å². The van der Waals surface area contributed by atoms with E-state index in [4.69, 9.17) is 14.5 Å². The molecule has 2 aromatic carbocycles. The van der Waals surface area contributed by atoms with E-state index >= 15 is 0 Å². The Morgan fingerprint density at radius 2 is 1.86 bits per heavy atom. The number of nitrogens with zero attached hydrogens (tertiary/aromatic N) is 2. The summed E-state index contributed by atoms with van der Waals surface area (Å²) >= 11 is 1.69. The molecule has 0 saturated heterocycles. The molecule has 0 saturated carbocycles. The van der Waals surface area contributed by atoms with Crippen LogP contribution in [-0.2, 0) is 19.5 Å². The molecule has 1 aliphatic rings. The van der Waals surface area contributed by atoms with Gasteiger partial charge in [-0.05, 0) is 17.7 Å². The molecule has 28 heavy (non-hydrogen) atoms. The Balaban J connectivity index is 1.50. The third-order valence-electron chi connectivity index (χ3n) is 5.04. The molecule has 0 bridgehead atoms. The standard InChI is InChI=1S/C22H24N2O3S/c1-26-19-8-9-20(27-2)22-17(19)12-24(13-18(22)25)11-16-14-28-21(23-16)10-15-6-4-3-5-7-15/h3-9,14,18,25H,10-13H2,1-2H3. The minimum Gasteiger partial charge on any atom is -0.496 e. The van der Waals surface area contributed by atoms with Crippen LogP contribution in [0.1, 0.15) is 33.5 Å². The predicted octanol–water partition coefficient (Wildman–Crippen LogP) is 3.80. The lowest BCUT2D eigenvalue weighted by Crippen LogP contribution is -2.33. The van der Waals surface area contributed by atoms with E-state index < -0.39 is 6.10 Å². The lowest BCUT2D eigenvalue weighted by molar-refractivity contribution is 0.0837. The molecule has 0 fully saturated rings. The summed E-state index contributed by atoms with van der Waals surface area (Å²) in [7, 11) is 3.29. The number of ether oxygens (including phenoxy) is 2. The fourth-order valence-electron chi connectivity index (χ4n) is 3.77. The molecule has 6 heteroatoms. The number of benzene rings is 2. The average molecular weight is 397 g/mol. The van der Waals surface area contributed by atoms with Gasteiger partial charge in [0.15, 0.2) is 0 Å². The minimum absolute atomic E-state index is 0.544. The summed E-state index contributed by atoms with van der Waals surface area (Å²) in [5, 5.41) is 14.0. The number of hydrogen-bond donors (Lipinski definition) is 1. The van der Waals surface area contributed by atoms with Crippen LogP contribution >= 0.6 is 11.3 Å². The molecule has 4 rings (SSSR count). The van der Waals surface area contributed by atoms with Crippen LogP contribution in [-0.4, -0.2) is 35.8 Å². The molecule has 146 valence electrons. The van der Waals surface area contributed by atoms with Crippen LogP contribution in [0.25, 0.3) is 0 Å². The van der Waals surface area contributed by atoms with Crippen molar-refractivity contribution in [1.29, 1.82) is 0 Å². The topological polar surface area (TPSA) is 54.8 Å². The third-order valence-corrected chi connectivity index (χ3v) is 5.94. The van der Waals surface area contributed by atoms with Crippen molar-refractivity contribution < 1.29 is 14.6 Å². The molecule has 5 nitrogen and oxygen atoms in total. The second-order valence-corrected chi connectivity index (χ2v) is 7.89. The van der Waals surface area contributed by atoms with Crippen molar-refractivity contribution in [3.05, 3.63) is 75.2 Å². The van der Waals surface area contributed by atoms with Gasteiger partial charge in [-0.3, -0.25) is 4.90 Å². The number of fused-ring (bicyclic) bond motifs is 1. The van der Waals surface area contributed by atoms with E-state index in [2.05, 4.69) is 34.5 Å². The minimum atomic E-state index is -0.615. The molecule has 1 unspecified atom stereocenters. The van der Waals surface area contributed by atoms with Crippen molar-refractivity contribution in [3.8, 4) is 11.5 Å². The van der Waals surface area contributed by atoms with Crippen LogP contribution in [0.4, 0.5) is 0 Å². The molecule has 0 aliphatic carbocycles. The Labute approximate surface area is 169 Å². The molecule has 1 aliphatic heterocycles. The van der Waals surface area contributed by atoms with Crippen molar-refractivity contribution >= 4 is 11.3 Å². The van der Waals surface area contributed by atoms with Gasteiger partial charge in [-0.1, -0.05) is 30.3 Å². The van der Waals surface area contributed by atoms with E-state index in [1.54, 1.807) is 25.6 Å². The maximum absolute atomic E-state index is 10.7. The highest BCUT2D eigenvalue weighted by atomic mass is 32.1. The fourth-order valence-corrected chi connectivity index (χ4v) is 4.59. The molecule has 0 spiro atoms. The maximum atomic E-state index is 10.7. The van der Waals surface area contributed by atoms with Crippen molar-refractivity contribution in [2.45, 2.75) is 25.6 Å². The Kier molecular flexibility index (Phi) is 5.62. The monoisotopic (exact) mass is 396 g/mol. The zero-order chi connectivity index (χ0) is 19.5. The van der Waals surface area contributed by atoms with Gasteiger partial charge < -0.3 is 14.6 Å². The summed E-state index contributed by atoms with van der Waals surface area (Å²) in [6.45, 7) is 1.93. The number of rotatable bonds is 6. The van der Waals surface area contributed by atoms with Crippen LogP contribution in [0.5, 0.6) is 11.5 Å². The molecule has 1 N–H and O–H groups in total. The summed E-state index contributed by atoms with van der Waals surface area (Å²) < 4.78 is 11.0. The second-order valence-electron chi connectivity index (χ2n) is 6.94. The van der Waals surface area contributed by atoms with Gasteiger partial charge in [-0.2, -0.15) is 0 Å². The number of hydrogen-bond acceptors (Lipinski definition) is 6. The Hall–Kier alpha value is -2.41. The van der Waals surface area contributed by atoms with Crippen LogP contribution < -0.4 is 9.47 Å². The van der Waals surface area contributed by atoms with E-state index in [0.717, 1.165) is 34.0 Å². The van der Waals surface area contributed by atoms with Gasteiger partial charge in [-0.15, -0.1) is 11.3 Å². The first-order chi connectivity index (χ1) is 13.7. The summed E-state index contributed by atoms with van der Waals surface area (Å²) in [6, 6.07) is 14.1. The maximum Gasteiger partial charge on any atom is 0.125 e. The number of aromatic nitrogens is 1. The summed E-state index contributed by atoms with van der Waals surface area (Å²) in [5.41, 5.74) is 4.12. The molecule has 0 amide bonds. The smallest absolute Gasteiger partial charge is 0.125 e. The average Bonchev–Trinajstić information content (AvgIpc) is 3.14.